The van der Waals surface area contributed by atoms with E-state index in [0.29, 0.717) is 5.01 Å². The third kappa shape index (κ3) is 3.54. The largest absolute Gasteiger partial charge is 0.467 e. The summed E-state index contributed by atoms with van der Waals surface area (Å²) in [6.45, 7) is 1.90. The summed E-state index contributed by atoms with van der Waals surface area (Å²) in [6.07, 6.45) is 0. The van der Waals surface area contributed by atoms with Gasteiger partial charge >= 0.3 is 5.97 Å². The van der Waals surface area contributed by atoms with Crippen LogP contribution in [-0.2, 0) is 9.53 Å². The maximum Gasteiger partial charge on any atom is 0.335 e. The summed E-state index contributed by atoms with van der Waals surface area (Å²) in [5.74, 6) is -0.350. The van der Waals surface area contributed by atoms with Crippen LogP contribution in [0.15, 0.2) is 34.1 Å². The molecule has 0 bridgehead atoms. The van der Waals surface area contributed by atoms with Crippen molar-refractivity contribution in [3.63, 3.8) is 0 Å². The van der Waals surface area contributed by atoms with Gasteiger partial charge in [0.1, 0.15) is 5.01 Å². The Morgan fingerprint density at radius 2 is 2.11 bits per heavy atom. The molecule has 0 radical (unpaired) electrons. The molecule has 0 saturated heterocycles. The number of hydrogen-bond acceptors (Lipinski definition) is 5. The molecule has 1 aromatic heterocycles. The van der Waals surface area contributed by atoms with E-state index < -0.39 is 6.04 Å². The number of ether oxygens (including phenoxy) is 1. The van der Waals surface area contributed by atoms with Crippen molar-refractivity contribution in [2.24, 2.45) is 0 Å². The molecular formula is C13H13BrN2O2S. The van der Waals surface area contributed by atoms with Crippen molar-refractivity contribution in [1.29, 1.82) is 0 Å². The van der Waals surface area contributed by atoms with Gasteiger partial charge in [0.25, 0.3) is 0 Å². The highest BCUT2D eigenvalue weighted by molar-refractivity contribution is 9.10. The van der Waals surface area contributed by atoms with Crippen molar-refractivity contribution in [3.05, 3.63) is 44.8 Å². The van der Waals surface area contributed by atoms with Crippen LogP contribution in [0.3, 0.4) is 0 Å². The van der Waals surface area contributed by atoms with Crippen LogP contribution in [0.4, 0.5) is 5.69 Å². The van der Waals surface area contributed by atoms with Crippen LogP contribution in [0, 0.1) is 6.92 Å². The quantitative estimate of drug-likeness (QED) is 0.865. The first-order valence-corrected chi connectivity index (χ1v) is 7.29. The van der Waals surface area contributed by atoms with Crippen LogP contribution >= 0.6 is 27.3 Å². The molecule has 0 aliphatic heterocycles. The lowest BCUT2D eigenvalue weighted by atomic mass is 10.2. The molecule has 2 rings (SSSR count). The third-order valence-electron chi connectivity index (χ3n) is 2.48. The van der Waals surface area contributed by atoms with Crippen molar-refractivity contribution >= 4 is 38.9 Å². The monoisotopic (exact) mass is 340 g/mol. The summed E-state index contributed by atoms with van der Waals surface area (Å²) in [7, 11) is 1.37. The van der Waals surface area contributed by atoms with Gasteiger partial charge in [-0.1, -0.05) is 15.9 Å². The number of nitrogens with zero attached hydrogens (tertiary/aromatic N) is 1. The molecule has 1 N–H and O–H groups in total. The number of hydrogen-bond donors (Lipinski definition) is 1. The molecule has 4 nitrogen and oxygen atoms in total. The number of rotatable bonds is 4. The number of nitrogens with one attached hydrogen (secondary N) is 1. The molecule has 1 unspecified atom stereocenters. The highest BCUT2D eigenvalue weighted by Crippen LogP contribution is 2.24. The minimum absolute atomic E-state index is 0.350. The molecule has 0 amide bonds. The zero-order valence-corrected chi connectivity index (χ0v) is 12.9. The van der Waals surface area contributed by atoms with E-state index in [1.165, 1.54) is 18.4 Å². The van der Waals surface area contributed by atoms with E-state index in [4.69, 9.17) is 4.74 Å². The maximum absolute atomic E-state index is 11.9. The number of benzene rings is 1. The summed E-state index contributed by atoms with van der Waals surface area (Å²) < 4.78 is 5.81. The molecule has 100 valence electrons. The number of thiazole rings is 1. The van der Waals surface area contributed by atoms with Crippen LogP contribution in [0.1, 0.15) is 16.7 Å². The van der Waals surface area contributed by atoms with E-state index in [9.17, 15) is 4.79 Å². The van der Waals surface area contributed by atoms with Crippen LogP contribution in [0.5, 0.6) is 0 Å². The first-order valence-electron chi connectivity index (χ1n) is 5.62. The van der Waals surface area contributed by atoms with Crippen LogP contribution in [0.25, 0.3) is 0 Å². The Bertz CT molecular complexity index is 568. The molecule has 2 aromatic rings. The number of esters is 1. The van der Waals surface area contributed by atoms with Gasteiger partial charge in [-0.15, -0.1) is 11.3 Å². The number of aromatic nitrogens is 1. The molecule has 0 fully saturated rings. The Morgan fingerprint density at radius 1 is 1.42 bits per heavy atom. The topological polar surface area (TPSA) is 51.2 Å². The molecule has 19 heavy (non-hydrogen) atoms. The number of carbonyl (C=O) groups excluding carboxylic acids is 1. The Morgan fingerprint density at radius 3 is 2.63 bits per heavy atom. The molecule has 1 heterocycles. The molecule has 0 spiro atoms. The zero-order chi connectivity index (χ0) is 13.8. The molecule has 6 heteroatoms. The summed E-state index contributed by atoms with van der Waals surface area (Å²) in [6, 6.07) is 7.01. The highest BCUT2D eigenvalue weighted by atomic mass is 79.9. The van der Waals surface area contributed by atoms with Gasteiger partial charge in [-0.3, -0.25) is 0 Å². The lowest BCUT2D eigenvalue weighted by Crippen LogP contribution is -2.22. The predicted octanol–water partition coefficient (Wildman–Crippen LogP) is 3.54. The number of halogens is 1. The predicted molar refractivity (Wildman–Crippen MR) is 79.4 cm³/mol. The fraction of sp³-hybridized carbons (Fsp3) is 0.231. The zero-order valence-electron chi connectivity index (χ0n) is 10.5. The fourth-order valence-corrected chi connectivity index (χ4v) is 2.65. The number of carbonyl (C=O) groups is 1. The van der Waals surface area contributed by atoms with Crippen molar-refractivity contribution in [3.8, 4) is 0 Å². The molecule has 1 aromatic carbocycles. The van der Waals surface area contributed by atoms with Crippen molar-refractivity contribution in [2.45, 2.75) is 13.0 Å². The lowest BCUT2D eigenvalue weighted by molar-refractivity contribution is -0.141. The summed E-state index contributed by atoms with van der Waals surface area (Å²) in [4.78, 5) is 16.2. The Hall–Kier alpha value is -1.40. The van der Waals surface area contributed by atoms with E-state index in [-0.39, 0.29) is 5.97 Å². The van der Waals surface area contributed by atoms with Gasteiger partial charge in [0.05, 0.1) is 7.11 Å². The van der Waals surface area contributed by atoms with Gasteiger partial charge in [0, 0.05) is 21.2 Å². The highest BCUT2D eigenvalue weighted by Gasteiger charge is 2.24. The fourth-order valence-electron chi connectivity index (χ4n) is 1.56. The third-order valence-corrected chi connectivity index (χ3v) is 4.03. The smallest absolute Gasteiger partial charge is 0.335 e. The Balaban J connectivity index is 2.23. The van der Waals surface area contributed by atoms with Gasteiger partial charge in [-0.25, -0.2) is 9.78 Å². The first-order chi connectivity index (χ1) is 9.10. The SMILES string of the molecule is COC(=O)C(Nc1ccc(Br)cc1)c1nc(C)cs1. The summed E-state index contributed by atoms with van der Waals surface area (Å²) in [5, 5.41) is 5.75. The number of methoxy groups -OCH3 is 1. The second kappa shape index (κ2) is 6.16. The second-order valence-electron chi connectivity index (χ2n) is 3.93. The number of anilines is 1. The van der Waals surface area contributed by atoms with Crippen molar-refractivity contribution < 1.29 is 9.53 Å². The lowest BCUT2D eigenvalue weighted by Gasteiger charge is -2.15. The van der Waals surface area contributed by atoms with Crippen LogP contribution in [0.2, 0.25) is 0 Å². The standard InChI is InChI=1S/C13H13BrN2O2S/c1-8-7-19-12(15-8)11(13(17)18-2)16-10-5-3-9(14)4-6-10/h3-7,11,16H,1-2H3. The average molecular weight is 341 g/mol. The van der Waals surface area contributed by atoms with Crippen LogP contribution in [-0.4, -0.2) is 18.1 Å². The minimum atomic E-state index is -0.579. The Labute approximate surface area is 124 Å². The molecule has 0 aliphatic rings. The second-order valence-corrected chi connectivity index (χ2v) is 5.74. The van der Waals surface area contributed by atoms with Crippen LogP contribution < -0.4 is 5.32 Å². The summed E-state index contributed by atoms with van der Waals surface area (Å²) in [5.41, 5.74) is 1.73. The summed E-state index contributed by atoms with van der Waals surface area (Å²) >= 11 is 4.81. The van der Waals surface area contributed by atoms with E-state index in [2.05, 4.69) is 26.2 Å². The van der Waals surface area contributed by atoms with Gasteiger partial charge in [-0.2, -0.15) is 0 Å². The maximum atomic E-state index is 11.9. The van der Waals surface area contributed by atoms with E-state index in [0.717, 1.165) is 15.9 Å². The van der Waals surface area contributed by atoms with Gasteiger partial charge < -0.3 is 10.1 Å². The van der Waals surface area contributed by atoms with Gasteiger partial charge in [0.15, 0.2) is 6.04 Å². The molecule has 0 aliphatic carbocycles. The normalized spacial score (nSPS) is 11.9. The van der Waals surface area contributed by atoms with Gasteiger partial charge in [0.2, 0.25) is 0 Å². The van der Waals surface area contributed by atoms with E-state index in [1.807, 2.05) is 36.6 Å². The first kappa shape index (κ1) is 14.0. The van der Waals surface area contributed by atoms with E-state index >= 15 is 0 Å². The number of aryl methyl sites for hydroxylation is 1. The van der Waals surface area contributed by atoms with Gasteiger partial charge in [-0.05, 0) is 31.2 Å². The average Bonchev–Trinajstić information content (AvgIpc) is 2.83. The molecule has 1 atom stereocenters. The van der Waals surface area contributed by atoms with Crippen molar-refractivity contribution in [2.75, 3.05) is 12.4 Å². The Kier molecular flexibility index (Phi) is 4.55. The van der Waals surface area contributed by atoms with Crippen molar-refractivity contribution in [1.82, 2.24) is 4.98 Å². The molecular weight excluding hydrogens is 328 g/mol. The van der Waals surface area contributed by atoms with E-state index in [1.54, 1.807) is 0 Å². The molecule has 0 saturated carbocycles. The minimum Gasteiger partial charge on any atom is -0.467 e.